The fourth-order valence-electron chi connectivity index (χ4n) is 0.878. The van der Waals surface area contributed by atoms with Crippen LogP contribution in [-0.2, 0) is 0 Å². The molecule has 0 radical (unpaired) electrons. The van der Waals surface area contributed by atoms with Gasteiger partial charge in [-0.05, 0) is 6.92 Å². The molecule has 0 fully saturated rings. The Labute approximate surface area is 69.9 Å². The number of nitrogens with two attached hydrogens (primary N) is 1. The van der Waals surface area contributed by atoms with Crippen LogP contribution >= 0.6 is 0 Å². The lowest BCUT2D eigenvalue weighted by Gasteiger charge is -2.01. The third-order valence-electron chi connectivity index (χ3n) is 1.50. The standard InChI is InChI=1S/C7H11N3O2/c1-4(8)6-5(3-12-10-6)7(11)9-2/h3-4H,8H2,1-2H3,(H,9,11)/t4-/m1/s1. The first-order chi connectivity index (χ1) is 5.66. The summed E-state index contributed by atoms with van der Waals surface area (Å²) in [7, 11) is 1.54. The van der Waals surface area contributed by atoms with E-state index in [4.69, 9.17) is 5.73 Å². The van der Waals surface area contributed by atoms with Crippen LogP contribution in [0, 0.1) is 0 Å². The summed E-state index contributed by atoms with van der Waals surface area (Å²) in [5.41, 5.74) is 6.43. The summed E-state index contributed by atoms with van der Waals surface area (Å²) in [5.74, 6) is -0.233. The zero-order valence-electron chi connectivity index (χ0n) is 7.00. The third kappa shape index (κ3) is 1.45. The second kappa shape index (κ2) is 3.36. The third-order valence-corrected chi connectivity index (χ3v) is 1.50. The van der Waals surface area contributed by atoms with Gasteiger partial charge < -0.3 is 15.6 Å². The highest BCUT2D eigenvalue weighted by atomic mass is 16.5. The maximum Gasteiger partial charge on any atom is 0.256 e. The van der Waals surface area contributed by atoms with Gasteiger partial charge in [0.15, 0.2) is 0 Å². The van der Waals surface area contributed by atoms with E-state index >= 15 is 0 Å². The lowest BCUT2D eigenvalue weighted by Crippen LogP contribution is -2.20. The molecule has 1 atom stereocenters. The van der Waals surface area contributed by atoms with Crippen molar-refractivity contribution in [3.63, 3.8) is 0 Å². The molecule has 0 aromatic carbocycles. The van der Waals surface area contributed by atoms with Crippen LogP contribution in [0.2, 0.25) is 0 Å². The lowest BCUT2D eigenvalue weighted by atomic mass is 10.1. The second-order valence-electron chi connectivity index (χ2n) is 2.48. The van der Waals surface area contributed by atoms with E-state index in [0.717, 1.165) is 0 Å². The minimum Gasteiger partial charge on any atom is -0.364 e. The highest BCUT2D eigenvalue weighted by Gasteiger charge is 2.16. The molecule has 0 aliphatic rings. The number of nitrogens with zero attached hydrogens (tertiary/aromatic N) is 1. The summed E-state index contributed by atoms with van der Waals surface area (Å²) >= 11 is 0. The molecule has 5 heteroatoms. The van der Waals surface area contributed by atoms with Crippen LogP contribution in [0.5, 0.6) is 0 Å². The first-order valence-corrected chi connectivity index (χ1v) is 3.58. The van der Waals surface area contributed by atoms with Gasteiger partial charge in [-0.2, -0.15) is 0 Å². The maximum absolute atomic E-state index is 11.1. The monoisotopic (exact) mass is 169 g/mol. The van der Waals surface area contributed by atoms with E-state index in [2.05, 4.69) is 15.0 Å². The average Bonchev–Trinajstić information content (AvgIpc) is 2.50. The quantitative estimate of drug-likeness (QED) is 0.655. The van der Waals surface area contributed by atoms with Crippen molar-refractivity contribution in [3.8, 4) is 0 Å². The van der Waals surface area contributed by atoms with Gasteiger partial charge in [0, 0.05) is 13.1 Å². The molecule has 0 saturated heterocycles. The Bertz CT molecular complexity index is 280. The van der Waals surface area contributed by atoms with E-state index in [1.54, 1.807) is 14.0 Å². The molecule has 5 nitrogen and oxygen atoms in total. The number of nitrogens with one attached hydrogen (secondary N) is 1. The minimum absolute atomic E-state index is 0.233. The summed E-state index contributed by atoms with van der Waals surface area (Å²) in [6, 6.07) is -0.295. The number of carbonyl (C=O) groups is 1. The maximum atomic E-state index is 11.1. The summed E-state index contributed by atoms with van der Waals surface area (Å²) in [6.45, 7) is 1.74. The Morgan fingerprint density at radius 3 is 3.00 bits per heavy atom. The Morgan fingerprint density at radius 2 is 2.50 bits per heavy atom. The number of carbonyl (C=O) groups excluding carboxylic acids is 1. The zero-order valence-corrected chi connectivity index (χ0v) is 7.00. The normalized spacial score (nSPS) is 12.6. The highest BCUT2D eigenvalue weighted by Crippen LogP contribution is 2.12. The number of hydrogen-bond donors (Lipinski definition) is 2. The van der Waals surface area contributed by atoms with Crippen molar-refractivity contribution in [2.45, 2.75) is 13.0 Å². The van der Waals surface area contributed by atoms with Gasteiger partial charge in [-0.15, -0.1) is 0 Å². The summed E-state index contributed by atoms with van der Waals surface area (Å²) in [5, 5.41) is 6.09. The smallest absolute Gasteiger partial charge is 0.256 e. The van der Waals surface area contributed by atoms with Gasteiger partial charge in [0.05, 0.1) is 0 Å². The van der Waals surface area contributed by atoms with Crippen LogP contribution in [0.15, 0.2) is 10.8 Å². The van der Waals surface area contributed by atoms with Gasteiger partial charge in [0.25, 0.3) is 5.91 Å². The molecular weight excluding hydrogens is 158 g/mol. The molecular formula is C7H11N3O2. The van der Waals surface area contributed by atoms with Crippen LogP contribution in [-0.4, -0.2) is 18.1 Å². The molecule has 0 saturated carbocycles. The number of amides is 1. The van der Waals surface area contributed by atoms with E-state index in [-0.39, 0.29) is 11.9 Å². The second-order valence-corrected chi connectivity index (χ2v) is 2.48. The first kappa shape index (κ1) is 8.73. The van der Waals surface area contributed by atoms with Crippen LogP contribution in [0.1, 0.15) is 29.0 Å². The van der Waals surface area contributed by atoms with Gasteiger partial charge in [0.1, 0.15) is 17.5 Å². The molecule has 1 aromatic heterocycles. The van der Waals surface area contributed by atoms with Crippen LogP contribution in [0.25, 0.3) is 0 Å². The number of aromatic nitrogens is 1. The first-order valence-electron chi connectivity index (χ1n) is 3.58. The fourth-order valence-corrected chi connectivity index (χ4v) is 0.878. The molecule has 3 N–H and O–H groups in total. The Kier molecular flexibility index (Phi) is 2.44. The molecule has 1 heterocycles. The predicted molar refractivity (Wildman–Crippen MR) is 42.5 cm³/mol. The Morgan fingerprint density at radius 1 is 1.83 bits per heavy atom. The molecule has 0 aliphatic carbocycles. The number of rotatable bonds is 2. The molecule has 0 bridgehead atoms. The van der Waals surface area contributed by atoms with Gasteiger partial charge in [-0.3, -0.25) is 4.79 Å². The SMILES string of the molecule is CNC(=O)c1conc1[C@@H](C)N. The van der Waals surface area contributed by atoms with E-state index < -0.39 is 0 Å². The van der Waals surface area contributed by atoms with Crippen molar-refractivity contribution >= 4 is 5.91 Å². The molecule has 1 rings (SSSR count). The van der Waals surface area contributed by atoms with Gasteiger partial charge in [0.2, 0.25) is 0 Å². The van der Waals surface area contributed by atoms with Gasteiger partial charge >= 0.3 is 0 Å². The Hall–Kier alpha value is -1.36. The van der Waals surface area contributed by atoms with E-state index in [1.165, 1.54) is 6.26 Å². The topological polar surface area (TPSA) is 81.2 Å². The van der Waals surface area contributed by atoms with Crippen LogP contribution < -0.4 is 11.1 Å². The highest BCUT2D eigenvalue weighted by molar-refractivity contribution is 5.94. The van der Waals surface area contributed by atoms with E-state index in [1.807, 2.05) is 0 Å². The van der Waals surface area contributed by atoms with Crippen molar-refractivity contribution in [2.24, 2.45) is 5.73 Å². The molecule has 0 aliphatic heterocycles. The largest absolute Gasteiger partial charge is 0.364 e. The summed E-state index contributed by atoms with van der Waals surface area (Å²) in [4.78, 5) is 11.1. The lowest BCUT2D eigenvalue weighted by molar-refractivity contribution is 0.0961. The minimum atomic E-state index is -0.295. The van der Waals surface area contributed by atoms with Gasteiger partial charge in [-0.1, -0.05) is 5.16 Å². The van der Waals surface area contributed by atoms with E-state index in [0.29, 0.717) is 11.3 Å². The molecule has 0 spiro atoms. The van der Waals surface area contributed by atoms with E-state index in [9.17, 15) is 4.79 Å². The van der Waals surface area contributed by atoms with Crippen LogP contribution in [0.3, 0.4) is 0 Å². The molecule has 12 heavy (non-hydrogen) atoms. The zero-order chi connectivity index (χ0) is 9.14. The van der Waals surface area contributed by atoms with Crippen molar-refractivity contribution in [2.75, 3.05) is 7.05 Å². The fraction of sp³-hybridized carbons (Fsp3) is 0.429. The molecule has 1 aromatic rings. The van der Waals surface area contributed by atoms with Crippen molar-refractivity contribution in [1.82, 2.24) is 10.5 Å². The molecule has 1 amide bonds. The molecule has 66 valence electrons. The van der Waals surface area contributed by atoms with Gasteiger partial charge in [-0.25, -0.2) is 0 Å². The van der Waals surface area contributed by atoms with Crippen molar-refractivity contribution in [1.29, 1.82) is 0 Å². The Balaban J connectivity index is 2.99. The van der Waals surface area contributed by atoms with Crippen molar-refractivity contribution < 1.29 is 9.32 Å². The van der Waals surface area contributed by atoms with Crippen LogP contribution in [0.4, 0.5) is 0 Å². The summed E-state index contributed by atoms with van der Waals surface area (Å²) in [6.07, 6.45) is 1.29. The number of hydrogen-bond acceptors (Lipinski definition) is 4. The average molecular weight is 169 g/mol. The summed E-state index contributed by atoms with van der Waals surface area (Å²) < 4.78 is 4.64. The predicted octanol–water partition coefficient (Wildman–Crippen LogP) is 0.0539. The van der Waals surface area contributed by atoms with Crippen molar-refractivity contribution in [3.05, 3.63) is 17.5 Å². The molecule has 0 unspecified atom stereocenters.